The number of hydrogen-bond donors (Lipinski definition) is 1. The third kappa shape index (κ3) is 4.03. The molecule has 3 rings (SSSR count). The number of carbonyl (C=O) groups excluding carboxylic acids is 2. The van der Waals surface area contributed by atoms with Crippen LogP contribution in [0.2, 0.25) is 0 Å². The van der Waals surface area contributed by atoms with Gasteiger partial charge in [-0.3, -0.25) is 14.5 Å². The predicted molar refractivity (Wildman–Crippen MR) is 96.7 cm³/mol. The number of likely N-dealkylation sites (N-methyl/N-ethyl adjacent to an activating group) is 1. The summed E-state index contributed by atoms with van der Waals surface area (Å²) in [5.74, 6) is 0.0891. The lowest BCUT2D eigenvalue weighted by atomic mass is 10.00. The fourth-order valence-electron chi connectivity index (χ4n) is 3.54. The lowest BCUT2D eigenvalue weighted by Gasteiger charge is -2.25. The van der Waals surface area contributed by atoms with Gasteiger partial charge in [-0.05, 0) is 13.5 Å². The van der Waals surface area contributed by atoms with Crippen molar-refractivity contribution in [1.82, 2.24) is 4.90 Å². The number of likely N-dealkylation sites (tertiary alicyclic amines) is 1. The first kappa shape index (κ1) is 17.5. The summed E-state index contributed by atoms with van der Waals surface area (Å²) < 4.78 is 0. The number of hydrogen-bond acceptors (Lipinski definition) is 4. The molecule has 1 heterocycles. The van der Waals surface area contributed by atoms with E-state index in [-0.39, 0.29) is 30.1 Å². The van der Waals surface area contributed by atoms with Crippen LogP contribution in [0.25, 0.3) is 0 Å². The molecule has 2 aromatic rings. The highest BCUT2D eigenvalue weighted by Crippen LogP contribution is 2.29. The first-order valence-corrected chi connectivity index (χ1v) is 8.62. The molecular formula is C21H23NO3. The average molecular weight is 337 g/mol. The van der Waals surface area contributed by atoms with Crippen LogP contribution in [0.5, 0.6) is 0 Å². The van der Waals surface area contributed by atoms with Gasteiger partial charge in [-0.1, -0.05) is 60.7 Å². The maximum Gasteiger partial charge on any atom is 0.164 e. The van der Waals surface area contributed by atoms with E-state index in [9.17, 15) is 14.7 Å². The SMILES string of the molecule is CN1[C@H](CC(=O)c2ccccc2)C[C@H](O)[C@H]1CC(=O)c1ccccc1. The fraction of sp³-hybridized carbons (Fsp3) is 0.333. The van der Waals surface area contributed by atoms with E-state index in [1.165, 1.54) is 0 Å². The third-order valence-electron chi connectivity index (χ3n) is 5.06. The van der Waals surface area contributed by atoms with Crippen LogP contribution < -0.4 is 0 Å². The van der Waals surface area contributed by atoms with Crippen LogP contribution in [0.15, 0.2) is 60.7 Å². The van der Waals surface area contributed by atoms with Crippen molar-refractivity contribution in [2.75, 3.05) is 7.05 Å². The van der Waals surface area contributed by atoms with Gasteiger partial charge in [0, 0.05) is 36.1 Å². The maximum atomic E-state index is 12.4. The summed E-state index contributed by atoms with van der Waals surface area (Å²) in [6, 6.07) is 18.0. The maximum absolute atomic E-state index is 12.4. The highest BCUT2D eigenvalue weighted by atomic mass is 16.3. The summed E-state index contributed by atoms with van der Waals surface area (Å²) >= 11 is 0. The molecule has 1 fully saturated rings. The Morgan fingerprint density at radius 2 is 1.40 bits per heavy atom. The van der Waals surface area contributed by atoms with Gasteiger partial charge in [0.1, 0.15) is 0 Å². The first-order chi connectivity index (χ1) is 12.1. The minimum Gasteiger partial charge on any atom is -0.391 e. The Morgan fingerprint density at radius 1 is 0.920 bits per heavy atom. The molecule has 0 bridgehead atoms. The third-order valence-corrected chi connectivity index (χ3v) is 5.06. The Morgan fingerprint density at radius 3 is 1.92 bits per heavy atom. The van der Waals surface area contributed by atoms with Gasteiger partial charge in [0.2, 0.25) is 0 Å². The number of ketones is 2. The van der Waals surface area contributed by atoms with Gasteiger partial charge < -0.3 is 5.11 Å². The van der Waals surface area contributed by atoms with E-state index in [1.807, 2.05) is 60.5 Å². The van der Waals surface area contributed by atoms with Crippen molar-refractivity contribution in [1.29, 1.82) is 0 Å². The van der Waals surface area contributed by atoms with E-state index in [0.717, 1.165) is 0 Å². The molecule has 0 aromatic heterocycles. The zero-order valence-corrected chi connectivity index (χ0v) is 14.3. The van der Waals surface area contributed by atoms with Crippen LogP contribution in [0.1, 0.15) is 40.0 Å². The summed E-state index contributed by atoms with van der Waals surface area (Å²) in [7, 11) is 1.89. The van der Waals surface area contributed by atoms with Gasteiger partial charge in [0.15, 0.2) is 11.6 Å². The van der Waals surface area contributed by atoms with Crippen molar-refractivity contribution in [3.63, 3.8) is 0 Å². The molecule has 1 aliphatic rings. The standard InChI is InChI=1S/C21H23NO3/c1-22-17(12-19(23)15-8-4-2-5-9-15)13-21(25)18(22)14-20(24)16-10-6-3-7-11-16/h2-11,17-18,21,25H,12-14H2,1H3/t17-,18-,21+/m1/s1. The molecule has 0 saturated carbocycles. The molecule has 1 aliphatic heterocycles. The minimum absolute atomic E-state index is 0.0199. The summed E-state index contributed by atoms with van der Waals surface area (Å²) in [5, 5.41) is 10.4. The van der Waals surface area contributed by atoms with Crippen molar-refractivity contribution in [2.24, 2.45) is 0 Å². The molecule has 4 nitrogen and oxygen atoms in total. The van der Waals surface area contributed by atoms with Crippen LogP contribution in [0.4, 0.5) is 0 Å². The van der Waals surface area contributed by atoms with E-state index in [4.69, 9.17) is 0 Å². The lowest BCUT2D eigenvalue weighted by Crippen LogP contribution is -2.38. The molecule has 0 amide bonds. The monoisotopic (exact) mass is 337 g/mol. The molecule has 130 valence electrons. The van der Waals surface area contributed by atoms with Gasteiger partial charge in [-0.15, -0.1) is 0 Å². The van der Waals surface area contributed by atoms with E-state index < -0.39 is 6.10 Å². The Labute approximate surface area is 148 Å². The molecule has 0 unspecified atom stereocenters. The Hall–Kier alpha value is -2.30. The summed E-state index contributed by atoms with van der Waals surface area (Å²) in [4.78, 5) is 26.9. The molecule has 0 spiro atoms. The molecule has 4 heteroatoms. The Balaban J connectivity index is 1.64. The van der Waals surface area contributed by atoms with Crippen LogP contribution in [0, 0.1) is 0 Å². The van der Waals surface area contributed by atoms with Crippen LogP contribution in [0.3, 0.4) is 0 Å². The van der Waals surface area contributed by atoms with E-state index >= 15 is 0 Å². The van der Waals surface area contributed by atoms with E-state index in [2.05, 4.69) is 0 Å². The molecule has 0 aliphatic carbocycles. The minimum atomic E-state index is -0.591. The largest absolute Gasteiger partial charge is 0.391 e. The van der Waals surface area contributed by atoms with Gasteiger partial charge >= 0.3 is 0 Å². The number of rotatable bonds is 6. The number of aliphatic hydroxyl groups is 1. The number of benzene rings is 2. The quantitative estimate of drug-likeness (QED) is 0.824. The van der Waals surface area contributed by atoms with Crippen molar-refractivity contribution in [3.05, 3.63) is 71.8 Å². The van der Waals surface area contributed by atoms with Crippen LogP contribution in [-0.4, -0.2) is 46.8 Å². The average Bonchev–Trinajstić information content (AvgIpc) is 2.90. The number of nitrogens with zero attached hydrogens (tertiary/aromatic N) is 1. The number of aliphatic hydroxyl groups excluding tert-OH is 1. The van der Waals surface area contributed by atoms with Crippen LogP contribution in [-0.2, 0) is 0 Å². The normalized spacial score (nSPS) is 23.5. The van der Waals surface area contributed by atoms with E-state index in [0.29, 0.717) is 24.0 Å². The van der Waals surface area contributed by atoms with Gasteiger partial charge in [0.25, 0.3) is 0 Å². The smallest absolute Gasteiger partial charge is 0.164 e. The molecule has 0 radical (unpaired) electrons. The fourth-order valence-corrected chi connectivity index (χ4v) is 3.54. The summed E-state index contributed by atoms with van der Waals surface area (Å²) in [6.07, 6.45) is 0.541. The highest BCUT2D eigenvalue weighted by Gasteiger charge is 2.39. The van der Waals surface area contributed by atoms with Crippen molar-refractivity contribution in [3.8, 4) is 0 Å². The van der Waals surface area contributed by atoms with Gasteiger partial charge in [0.05, 0.1) is 6.10 Å². The molecular weight excluding hydrogens is 314 g/mol. The van der Waals surface area contributed by atoms with Crippen LogP contribution >= 0.6 is 0 Å². The number of carbonyl (C=O) groups is 2. The highest BCUT2D eigenvalue weighted by molar-refractivity contribution is 5.97. The first-order valence-electron chi connectivity index (χ1n) is 8.62. The number of Topliss-reactive ketones (excluding diaryl/α,β-unsaturated/α-hetero) is 2. The van der Waals surface area contributed by atoms with Crippen molar-refractivity contribution >= 4 is 11.6 Å². The lowest BCUT2D eigenvalue weighted by molar-refractivity contribution is 0.0821. The van der Waals surface area contributed by atoms with E-state index in [1.54, 1.807) is 12.1 Å². The molecule has 3 atom stereocenters. The van der Waals surface area contributed by atoms with Crippen molar-refractivity contribution in [2.45, 2.75) is 37.5 Å². The van der Waals surface area contributed by atoms with Gasteiger partial charge in [-0.25, -0.2) is 0 Å². The predicted octanol–water partition coefficient (Wildman–Crippen LogP) is 2.97. The summed E-state index contributed by atoms with van der Waals surface area (Å²) in [6.45, 7) is 0. The second-order valence-corrected chi connectivity index (χ2v) is 6.68. The molecule has 1 saturated heterocycles. The topological polar surface area (TPSA) is 57.6 Å². The molecule has 2 aromatic carbocycles. The molecule has 1 N–H and O–H groups in total. The zero-order chi connectivity index (χ0) is 17.8. The second kappa shape index (κ2) is 7.72. The zero-order valence-electron chi connectivity index (χ0n) is 14.3. The molecule has 25 heavy (non-hydrogen) atoms. The Bertz CT molecular complexity index is 729. The van der Waals surface area contributed by atoms with Crippen molar-refractivity contribution < 1.29 is 14.7 Å². The Kier molecular flexibility index (Phi) is 5.41. The van der Waals surface area contributed by atoms with Gasteiger partial charge in [-0.2, -0.15) is 0 Å². The summed E-state index contributed by atoms with van der Waals surface area (Å²) in [5.41, 5.74) is 1.35. The second-order valence-electron chi connectivity index (χ2n) is 6.68.